The largest absolute Gasteiger partial charge is 0.393 e. The van der Waals surface area contributed by atoms with Crippen molar-refractivity contribution in [2.24, 2.45) is 0 Å². The Morgan fingerprint density at radius 3 is 2.29 bits per heavy atom. The summed E-state index contributed by atoms with van der Waals surface area (Å²) in [5.74, 6) is 0.0866. The molecule has 0 aliphatic rings. The summed E-state index contributed by atoms with van der Waals surface area (Å²) in [4.78, 5) is 10.7. The third-order valence-corrected chi connectivity index (χ3v) is 2.41. The van der Waals surface area contributed by atoms with Gasteiger partial charge < -0.3 is 5.11 Å². The standard InChI is InChI=1S/C12H24O2/c1-3-4-5-6-7-8-9-12(14)10-11(2)13/h12,14H,3-10H2,1-2H3/t12-/m1/s1. The van der Waals surface area contributed by atoms with Crippen LogP contribution in [0.25, 0.3) is 0 Å². The quantitative estimate of drug-likeness (QED) is 0.581. The summed E-state index contributed by atoms with van der Waals surface area (Å²) in [5.41, 5.74) is 0. The predicted molar refractivity (Wildman–Crippen MR) is 59.3 cm³/mol. The van der Waals surface area contributed by atoms with E-state index in [-0.39, 0.29) is 5.78 Å². The summed E-state index contributed by atoms with van der Waals surface area (Å²) >= 11 is 0. The normalized spacial score (nSPS) is 12.8. The zero-order valence-electron chi connectivity index (χ0n) is 9.59. The van der Waals surface area contributed by atoms with Crippen molar-refractivity contribution < 1.29 is 9.90 Å². The average molecular weight is 200 g/mol. The molecule has 0 rings (SSSR count). The van der Waals surface area contributed by atoms with E-state index >= 15 is 0 Å². The first-order chi connectivity index (χ1) is 6.66. The minimum absolute atomic E-state index is 0.0866. The molecule has 1 atom stereocenters. The molecule has 0 aromatic carbocycles. The molecule has 0 amide bonds. The van der Waals surface area contributed by atoms with Crippen LogP contribution >= 0.6 is 0 Å². The van der Waals surface area contributed by atoms with Crippen molar-refractivity contribution >= 4 is 5.78 Å². The van der Waals surface area contributed by atoms with E-state index in [1.807, 2.05) is 0 Å². The highest BCUT2D eigenvalue weighted by molar-refractivity contribution is 5.75. The van der Waals surface area contributed by atoms with E-state index in [2.05, 4.69) is 6.92 Å². The van der Waals surface area contributed by atoms with Crippen molar-refractivity contribution in [2.45, 2.75) is 71.3 Å². The Kier molecular flexibility index (Phi) is 8.95. The zero-order chi connectivity index (χ0) is 10.8. The molecule has 0 aromatic rings. The molecule has 0 heterocycles. The van der Waals surface area contributed by atoms with Gasteiger partial charge in [0.25, 0.3) is 0 Å². The third kappa shape index (κ3) is 9.72. The minimum atomic E-state index is -0.404. The third-order valence-electron chi connectivity index (χ3n) is 2.41. The first kappa shape index (κ1) is 13.6. The molecule has 2 heteroatoms. The van der Waals surface area contributed by atoms with Gasteiger partial charge in [-0.05, 0) is 13.3 Å². The summed E-state index contributed by atoms with van der Waals surface area (Å²) in [5, 5.41) is 9.40. The lowest BCUT2D eigenvalue weighted by atomic mass is 10.0. The number of aliphatic hydroxyl groups is 1. The van der Waals surface area contributed by atoms with Gasteiger partial charge >= 0.3 is 0 Å². The van der Waals surface area contributed by atoms with Crippen LogP contribution in [0.2, 0.25) is 0 Å². The Bertz CT molecular complexity index is 143. The van der Waals surface area contributed by atoms with E-state index in [0.29, 0.717) is 6.42 Å². The van der Waals surface area contributed by atoms with E-state index in [1.165, 1.54) is 39.0 Å². The molecule has 84 valence electrons. The number of hydrogen-bond donors (Lipinski definition) is 1. The SMILES string of the molecule is CCCCCCCC[C@@H](O)CC(C)=O. The van der Waals surface area contributed by atoms with Gasteiger partial charge in [-0.15, -0.1) is 0 Å². The molecule has 0 radical (unpaired) electrons. The van der Waals surface area contributed by atoms with Gasteiger partial charge in [-0.3, -0.25) is 4.79 Å². The number of carbonyl (C=O) groups excluding carboxylic acids is 1. The topological polar surface area (TPSA) is 37.3 Å². The maximum absolute atomic E-state index is 10.7. The van der Waals surface area contributed by atoms with Crippen molar-refractivity contribution in [3.05, 3.63) is 0 Å². The van der Waals surface area contributed by atoms with Crippen LogP contribution in [0.1, 0.15) is 65.2 Å². The molecular formula is C12H24O2. The molecular weight excluding hydrogens is 176 g/mol. The van der Waals surface area contributed by atoms with Gasteiger partial charge in [0.05, 0.1) is 6.10 Å². The first-order valence-corrected chi connectivity index (χ1v) is 5.84. The fourth-order valence-corrected chi connectivity index (χ4v) is 1.59. The maximum atomic E-state index is 10.7. The van der Waals surface area contributed by atoms with Crippen LogP contribution < -0.4 is 0 Å². The highest BCUT2D eigenvalue weighted by atomic mass is 16.3. The summed E-state index contributed by atoms with van der Waals surface area (Å²) in [6.07, 6.45) is 8.11. The van der Waals surface area contributed by atoms with Gasteiger partial charge in [0.2, 0.25) is 0 Å². The molecule has 1 N–H and O–H groups in total. The maximum Gasteiger partial charge on any atom is 0.132 e. The second kappa shape index (κ2) is 9.20. The van der Waals surface area contributed by atoms with Crippen molar-refractivity contribution in [2.75, 3.05) is 0 Å². The highest BCUT2D eigenvalue weighted by Crippen LogP contribution is 2.10. The Balaban J connectivity index is 3.14. The molecule has 0 saturated carbocycles. The molecule has 0 saturated heterocycles. The molecule has 0 aliphatic heterocycles. The van der Waals surface area contributed by atoms with Crippen LogP contribution in [0.15, 0.2) is 0 Å². The van der Waals surface area contributed by atoms with Gasteiger partial charge in [0.15, 0.2) is 0 Å². The van der Waals surface area contributed by atoms with Crippen molar-refractivity contribution in [1.82, 2.24) is 0 Å². The second-order valence-electron chi connectivity index (χ2n) is 4.12. The molecule has 2 nitrogen and oxygen atoms in total. The lowest BCUT2D eigenvalue weighted by Gasteiger charge is -2.07. The average Bonchev–Trinajstić information content (AvgIpc) is 2.10. The number of aliphatic hydroxyl groups excluding tert-OH is 1. The van der Waals surface area contributed by atoms with Gasteiger partial charge in [-0.2, -0.15) is 0 Å². The van der Waals surface area contributed by atoms with Crippen LogP contribution in [0.5, 0.6) is 0 Å². The van der Waals surface area contributed by atoms with Crippen molar-refractivity contribution in [1.29, 1.82) is 0 Å². The van der Waals surface area contributed by atoms with Gasteiger partial charge in [-0.25, -0.2) is 0 Å². The molecule has 14 heavy (non-hydrogen) atoms. The lowest BCUT2D eigenvalue weighted by molar-refractivity contribution is -0.118. The molecule has 0 fully saturated rings. The van der Waals surface area contributed by atoms with E-state index in [9.17, 15) is 9.90 Å². The fourth-order valence-electron chi connectivity index (χ4n) is 1.59. The summed E-state index contributed by atoms with van der Waals surface area (Å²) in [7, 11) is 0. The zero-order valence-corrected chi connectivity index (χ0v) is 9.59. The van der Waals surface area contributed by atoms with Crippen LogP contribution in [0.3, 0.4) is 0 Å². The molecule has 0 aliphatic carbocycles. The lowest BCUT2D eigenvalue weighted by Crippen LogP contribution is -2.10. The Morgan fingerprint density at radius 2 is 1.71 bits per heavy atom. The van der Waals surface area contributed by atoms with Gasteiger partial charge in [0.1, 0.15) is 5.78 Å². The van der Waals surface area contributed by atoms with Crippen LogP contribution in [-0.4, -0.2) is 17.0 Å². The minimum Gasteiger partial charge on any atom is -0.393 e. The number of hydrogen-bond acceptors (Lipinski definition) is 2. The van der Waals surface area contributed by atoms with E-state index in [0.717, 1.165) is 12.8 Å². The Labute approximate surface area is 87.7 Å². The monoisotopic (exact) mass is 200 g/mol. The Morgan fingerprint density at radius 1 is 1.14 bits per heavy atom. The number of Topliss-reactive ketones (excluding diaryl/α,β-unsaturated/α-hetero) is 1. The molecule has 0 spiro atoms. The highest BCUT2D eigenvalue weighted by Gasteiger charge is 2.05. The van der Waals surface area contributed by atoms with Crippen LogP contribution in [0.4, 0.5) is 0 Å². The Hall–Kier alpha value is -0.370. The smallest absolute Gasteiger partial charge is 0.132 e. The summed E-state index contributed by atoms with van der Waals surface area (Å²) in [6.45, 7) is 3.74. The van der Waals surface area contributed by atoms with Crippen molar-refractivity contribution in [3.63, 3.8) is 0 Å². The first-order valence-electron chi connectivity index (χ1n) is 5.84. The summed E-state index contributed by atoms with van der Waals surface area (Å²) < 4.78 is 0. The predicted octanol–water partition coefficient (Wildman–Crippen LogP) is 3.08. The molecule has 0 bridgehead atoms. The number of carbonyl (C=O) groups is 1. The number of ketones is 1. The summed E-state index contributed by atoms with van der Waals surface area (Å²) in [6, 6.07) is 0. The number of unbranched alkanes of at least 4 members (excludes halogenated alkanes) is 5. The molecule has 0 unspecified atom stereocenters. The van der Waals surface area contributed by atoms with E-state index in [4.69, 9.17) is 0 Å². The van der Waals surface area contributed by atoms with E-state index in [1.54, 1.807) is 0 Å². The van der Waals surface area contributed by atoms with Crippen molar-refractivity contribution in [3.8, 4) is 0 Å². The number of rotatable bonds is 9. The second-order valence-corrected chi connectivity index (χ2v) is 4.12. The van der Waals surface area contributed by atoms with Crippen LogP contribution in [0, 0.1) is 0 Å². The van der Waals surface area contributed by atoms with E-state index < -0.39 is 6.10 Å². The van der Waals surface area contributed by atoms with Gasteiger partial charge in [-0.1, -0.05) is 45.4 Å². The van der Waals surface area contributed by atoms with Gasteiger partial charge in [0, 0.05) is 6.42 Å². The fraction of sp³-hybridized carbons (Fsp3) is 0.917. The molecule has 0 aromatic heterocycles. The van der Waals surface area contributed by atoms with Crippen LogP contribution in [-0.2, 0) is 4.79 Å².